The Labute approximate surface area is 163 Å². The first-order valence-electron chi connectivity index (χ1n) is 10.5. The molecule has 1 aromatic carbocycles. The Morgan fingerprint density at radius 3 is 2.48 bits per heavy atom. The van der Waals surface area contributed by atoms with Crippen molar-refractivity contribution in [2.24, 2.45) is 11.1 Å². The molecule has 0 atom stereocenters. The summed E-state index contributed by atoms with van der Waals surface area (Å²) >= 11 is 0. The summed E-state index contributed by atoms with van der Waals surface area (Å²) < 4.78 is 0. The van der Waals surface area contributed by atoms with E-state index in [1.54, 1.807) is 0 Å². The van der Waals surface area contributed by atoms with Crippen molar-refractivity contribution in [2.45, 2.75) is 70.6 Å². The van der Waals surface area contributed by atoms with Crippen molar-refractivity contribution in [1.82, 2.24) is 10.2 Å². The summed E-state index contributed by atoms with van der Waals surface area (Å²) in [6.07, 6.45) is 7.91. The molecule has 1 saturated heterocycles. The number of nitrogens with one attached hydrogen (secondary N) is 1. The van der Waals surface area contributed by atoms with E-state index in [0.29, 0.717) is 19.5 Å². The number of carbonyl (C=O) groups excluding carboxylic acids is 1. The number of nitrogens with two attached hydrogens (primary N) is 1. The molecule has 150 valence electrons. The smallest absolute Gasteiger partial charge is 0.220 e. The Balaban J connectivity index is 1.53. The van der Waals surface area contributed by atoms with E-state index in [1.165, 1.54) is 30.4 Å². The van der Waals surface area contributed by atoms with Crippen LogP contribution >= 0.6 is 0 Å². The highest BCUT2D eigenvalue weighted by molar-refractivity contribution is 5.76. The number of amides is 1. The van der Waals surface area contributed by atoms with Crippen LogP contribution in [0.15, 0.2) is 24.3 Å². The summed E-state index contributed by atoms with van der Waals surface area (Å²) in [6, 6.07) is 8.35. The van der Waals surface area contributed by atoms with Gasteiger partial charge in [-0.25, -0.2) is 0 Å². The molecule has 0 radical (unpaired) electrons. The van der Waals surface area contributed by atoms with Crippen molar-refractivity contribution in [3.8, 4) is 0 Å². The fourth-order valence-corrected chi connectivity index (χ4v) is 4.55. The normalized spacial score (nSPS) is 21.1. The summed E-state index contributed by atoms with van der Waals surface area (Å²) in [5.41, 5.74) is 8.49. The van der Waals surface area contributed by atoms with Gasteiger partial charge < -0.3 is 16.2 Å². The number of hydrogen-bond acceptors (Lipinski definition) is 4. The topological polar surface area (TPSA) is 78.6 Å². The average molecular weight is 374 g/mol. The summed E-state index contributed by atoms with van der Waals surface area (Å²) in [5.74, 6) is 0.123. The first kappa shape index (κ1) is 20.3. The van der Waals surface area contributed by atoms with Crippen molar-refractivity contribution in [1.29, 1.82) is 0 Å². The molecule has 2 aliphatic rings. The Bertz CT molecular complexity index is 605. The van der Waals surface area contributed by atoms with Gasteiger partial charge in [0.25, 0.3) is 0 Å². The van der Waals surface area contributed by atoms with Gasteiger partial charge in [0.1, 0.15) is 0 Å². The molecule has 0 aromatic heterocycles. The minimum absolute atomic E-state index is 0.0104. The lowest BCUT2D eigenvalue weighted by Crippen LogP contribution is -2.38. The van der Waals surface area contributed by atoms with Gasteiger partial charge in [0.2, 0.25) is 5.91 Å². The molecule has 5 nitrogen and oxygen atoms in total. The van der Waals surface area contributed by atoms with Crippen molar-refractivity contribution in [3.63, 3.8) is 0 Å². The maximum absolute atomic E-state index is 12.6. The van der Waals surface area contributed by atoms with E-state index in [4.69, 9.17) is 5.73 Å². The van der Waals surface area contributed by atoms with Gasteiger partial charge in [-0.1, -0.05) is 43.5 Å². The molecule has 4 N–H and O–H groups in total. The molecule has 1 aromatic rings. The van der Waals surface area contributed by atoms with Gasteiger partial charge in [0, 0.05) is 32.6 Å². The zero-order valence-corrected chi connectivity index (χ0v) is 16.5. The molecule has 1 amide bonds. The maximum atomic E-state index is 12.6. The molecule has 3 rings (SSSR count). The zero-order valence-electron chi connectivity index (χ0n) is 16.5. The first-order chi connectivity index (χ1) is 13.1. The number of aliphatic hydroxyl groups excluding tert-OH is 1. The highest BCUT2D eigenvalue weighted by Gasteiger charge is 2.32. The van der Waals surface area contributed by atoms with Crippen LogP contribution in [-0.4, -0.2) is 41.7 Å². The number of likely N-dealkylation sites (tertiary alicyclic amines) is 1. The lowest BCUT2D eigenvalue weighted by Gasteiger charge is -2.35. The van der Waals surface area contributed by atoms with Crippen LogP contribution in [0.2, 0.25) is 0 Å². The van der Waals surface area contributed by atoms with E-state index >= 15 is 0 Å². The number of benzene rings is 1. The van der Waals surface area contributed by atoms with E-state index in [9.17, 15) is 9.90 Å². The van der Waals surface area contributed by atoms with Crippen molar-refractivity contribution >= 4 is 5.91 Å². The Morgan fingerprint density at radius 2 is 1.81 bits per heavy atom. The van der Waals surface area contributed by atoms with Gasteiger partial charge in [0.05, 0.1) is 6.10 Å². The second kappa shape index (κ2) is 9.67. The van der Waals surface area contributed by atoms with Gasteiger partial charge in [-0.05, 0) is 48.8 Å². The highest BCUT2D eigenvalue weighted by Crippen LogP contribution is 2.38. The standard InChI is InChI=1S/C22H35N3O2/c23-17-22(10-4-1-5-11-22)14-21(27)24-15-18-6-2-3-7-19(18)16-25-12-8-20(26)9-13-25/h2-3,6-7,20,26H,1,4-5,8-17,23H2,(H,24,27). The molecule has 0 unspecified atom stereocenters. The lowest BCUT2D eigenvalue weighted by molar-refractivity contribution is -0.124. The Morgan fingerprint density at radius 1 is 1.15 bits per heavy atom. The van der Waals surface area contributed by atoms with Crippen molar-refractivity contribution < 1.29 is 9.90 Å². The third kappa shape index (κ3) is 5.77. The average Bonchev–Trinajstić information content (AvgIpc) is 2.70. The quantitative estimate of drug-likeness (QED) is 0.686. The molecule has 27 heavy (non-hydrogen) atoms. The summed E-state index contributed by atoms with van der Waals surface area (Å²) in [5, 5.41) is 12.8. The van der Waals surface area contributed by atoms with Crippen LogP contribution in [0.1, 0.15) is 62.5 Å². The third-order valence-electron chi connectivity index (χ3n) is 6.43. The molecule has 1 saturated carbocycles. The van der Waals surface area contributed by atoms with Crippen LogP contribution in [0.25, 0.3) is 0 Å². The predicted molar refractivity (Wildman–Crippen MR) is 108 cm³/mol. The summed E-state index contributed by atoms with van der Waals surface area (Å²) in [7, 11) is 0. The second-order valence-electron chi connectivity index (χ2n) is 8.49. The fourth-order valence-electron chi connectivity index (χ4n) is 4.55. The van der Waals surface area contributed by atoms with Crippen LogP contribution in [-0.2, 0) is 17.9 Å². The van der Waals surface area contributed by atoms with Gasteiger partial charge in [-0.15, -0.1) is 0 Å². The summed E-state index contributed by atoms with van der Waals surface area (Å²) in [4.78, 5) is 15.0. The van der Waals surface area contributed by atoms with Crippen molar-refractivity contribution in [2.75, 3.05) is 19.6 Å². The van der Waals surface area contributed by atoms with Gasteiger partial charge in [-0.3, -0.25) is 9.69 Å². The number of aliphatic hydroxyl groups is 1. The molecular formula is C22H35N3O2. The maximum Gasteiger partial charge on any atom is 0.220 e. The minimum atomic E-state index is -0.148. The van der Waals surface area contributed by atoms with Crippen LogP contribution in [0.5, 0.6) is 0 Å². The van der Waals surface area contributed by atoms with E-state index in [-0.39, 0.29) is 17.4 Å². The number of hydrogen-bond donors (Lipinski definition) is 3. The molecule has 0 spiro atoms. The highest BCUT2D eigenvalue weighted by atomic mass is 16.3. The minimum Gasteiger partial charge on any atom is -0.393 e. The van der Waals surface area contributed by atoms with E-state index in [0.717, 1.165) is 45.3 Å². The third-order valence-corrected chi connectivity index (χ3v) is 6.43. The van der Waals surface area contributed by atoms with Crippen molar-refractivity contribution in [3.05, 3.63) is 35.4 Å². The first-order valence-corrected chi connectivity index (χ1v) is 10.5. The summed E-state index contributed by atoms with van der Waals surface area (Å²) in [6.45, 7) is 3.93. The monoisotopic (exact) mass is 373 g/mol. The van der Waals surface area contributed by atoms with E-state index in [1.807, 2.05) is 6.07 Å². The predicted octanol–water partition coefficient (Wildman–Crippen LogP) is 2.56. The number of carbonyl (C=O) groups is 1. The Kier molecular flexibility index (Phi) is 7.27. The number of piperidine rings is 1. The van der Waals surface area contributed by atoms with E-state index < -0.39 is 0 Å². The molecular weight excluding hydrogens is 338 g/mol. The van der Waals surface area contributed by atoms with Gasteiger partial charge in [0.15, 0.2) is 0 Å². The van der Waals surface area contributed by atoms with E-state index in [2.05, 4.69) is 28.4 Å². The number of rotatable bonds is 7. The van der Waals surface area contributed by atoms with Gasteiger partial charge >= 0.3 is 0 Å². The van der Waals surface area contributed by atoms with Crippen LogP contribution in [0, 0.1) is 5.41 Å². The zero-order chi connectivity index (χ0) is 19.1. The molecule has 1 aliphatic carbocycles. The largest absolute Gasteiger partial charge is 0.393 e. The SMILES string of the molecule is NCC1(CC(=O)NCc2ccccc2CN2CCC(O)CC2)CCCCC1. The lowest BCUT2D eigenvalue weighted by atomic mass is 9.71. The Hall–Kier alpha value is -1.43. The van der Waals surface area contributed by atoms with Crippen LogP contribution < -0.4 is 11.1 Å². The molecule has 1 aliphatic heterocycles. The van der Waals surface area contributed by atoms with Crippen LogP contribution in [0.4, 0.5) is 0 Å². The molecule has 2 fully saturated rings. The van der Waals surface area contributed by atoms with Gasteiger partial charge in [-0.2, -0.15) is 0 Å². The second-order valence-corrected chi connectivity index (χ2v) is 8.49. The molecule has 1 heterocycles. The molecule has 5 heteroatoms. The fraction of sp³-hybridized carbons (Fsp3) is 0.682. The van der Waals surface area contributed by atoms with Crippen LogP contribution in [0.3, 0.4) is 0 Å². The number of nitrogens with zero attached hydrogens (tertiary/aromatic N) is 1. The molecule has 0 bridgehead atoms.